The predicted molar refractivity (Wildman–Crippen MR) is 156 cm³/mol. The minimum absolute atomic E-state index is 0.221. The number of ether oxygens (including phenoxy) is 2. The molecule has 7 heteroatoms. The summed E-state index contributed by atoms with van der Waals surface area (Å²) in [4.78, 5) is 16.6. The lowest BCUT2D eigenvalue weighted by Crippen LogP contribution is -2.38. The number of carbonyl (C=O) groups is 1. The normalized spacial score (nSPS) is 19.2. The van der Waals surface area contributed by atoms with E-state index in [-0.39, 0.29) is 5.97 Å². The second-order valence-corrected chi connectivity index (χ2v) is 12.1. The Morgan fingerprint density at radius 2 is 1.95 bits per heavy atom. The highest BCUT2D eigenvalue weighted by atomic mass is 35.5. The third-order valence-electron chi connectivity index (χ3n) is 7.68. The van der Waals surface area contributed by atoms with Crippen molar-refractivity contribution in [3.8, 4) is 0 Å². The third-order valence-corrected chi connectivity index (χ3v) is 9.20. The highest BCUT2D eigenvalue weighted by Crippen LogP contribution is 2.43. The lowest BCUT2D eigenvalue weighted by molar-refractivity contribution is 0.0197. The molecule has 0 amide bonds. The number of unbranched alkanes of at least 4 members (excludes halogenated alkanes) is 2. The van der Waals surface area contributed by atoms with Crippen molar-refractivity contribution in [2.24, 2.45) is 5.92 Å². The molecule has 1 aromatic heterocycles. The van der Waals surface area contributed by atoms with Crippen molar-refractivity contribution in [2.75, 3.05) is 39.5 Å². The van der Waals surface area contributed by atoms with E-state index in [2.05, 4.69) is 42.2 Å². The number of nitrogens with zero attached hydrogens (tertiary/aromatic N) is 1. The highest BCUT2D eigenvalue weighted by molar-refractivity contribution is 7.13. The maximum Gasteiger partial charge on any atom is 0.348 e. The molecule has 0 radical (unpaired) electrons. The van der Waals surface area contributed by atoms with Gasteiger partial charge in [0.1, 0.15) is 11.5 Å². The lowest BCUT2D eigenvalue weighted by Gasteiger charge is -2.26. The van der Waals surface area contributed by atoms with Gasteiger partial charge in [-0.3, -0.25) is 4.90 Å². The van der Waals surface area contributed by atoms with Crippen molar-refractivity contribution in [2.45, 2.75) is 70.8 Å². The molecule has 2 aromatic rings. The fourth-order valence-electron chi connectivity index (χ4n) is 5.43. The van der Waals surface area contributed by atoms with Crippen molar-refractivity contribution < 1.29 is 19.4 Å². The third kappa shape index (κ3) is 8.40. The molecular weight excluding hydrogens is 518 g/mol. The molecule has 1 fully saturated rings. The lowest BCUT2D eigenvalue weighted by atomic mass is 9.89. The molecule has 2 heterocycles. The van der Waals surface area contributed by atoms with E-state index in [0.29, 0.717) is 17.4 Å². The summed E-state index contributed by atoms with van der Waals surface area (Å²) in [6.45, 7) is 6.66. The average molecular weight is 560 g/mol. The van der Waals surface area contributed by atoms with Gasteiger partial charge in [-0.25, -0.2) is 4.79 Å². The van der Waals surface area contributed by atoms with Crippen LogP contribution >= 0.6 is 22.9 Å². The summed E-state index contributed by atoms with van der Waals surface area (Å²) >= 11 is 8.24. The first-order chi connectivity index (χ1) is 18.5. The van der Waals surface area contributed by atoms with Gasteiger partial charge in [-0.15, -0.1) is 11.3 Å². The van der Waals surface area contributed by atoms with Crippen LogP contribution in [0.15, 0.2) is 41.4 Å². The number of hydrogen-bond donors (Lipinski definition) is 1. The zero-order chi connectivity index (χ0) is 26.7. The Hall–Kier alpha value is -1.70. The number of halogens is 1. The van der Waals surface area contributed by atoms with Crippen LogP contribution in [0.4, 0.5) is 0 Å². The largest absolute Gasteiger partial charge is 0.460 e. The molecule has 1 N–H and O–H groups in total. The van der Waals surface area contributed by atoms with Gasteiger partial charge in [0.05, 0.1) is 19.3 Å². The number of thiophene rings is 1. The summed E-state index contributed by atoms with van der Waals surface area (Å²) < 4.78 is 10.9. The van der Waals surface area contributed by atoms with E-state index in [1.165, 1.54) is 16.0 Å². The van der Waals surface area contributed by atoms with Crippen LogP contribution < -0.4 is 0 Å². The van der Waals surface area contributed by atoms with Crippen molar-refractivity contribution >= 4 is 34.5 Å². The van der Waals surface area contributed by atoms with Gasteiger partial charge in [0.25, 0.3) is 0 Å². The number of hydrogen-bond acceptors (Lipinski definition) is 6. The molecule has 38 heavy (non-hydrogen) atoms. The van der Waals surface area contributed by atoms with E-state index >= 15 is 0 Å². The molecule has 1 aromatic carbocycles. The van der Waals surface area contributed by atoms with Crippen LogP contribution in [-0.2, 0) is 15.9 Å². The number of allylic oxidation sites excluding steroid dienone is 2. The summed E-state index contributed by atoms with van der Waals surface area (Å²) in [6, 6.07) is 12.3. The molecule has 2 aliphatic rings. The van der Waals surface area contributed by atoms with E-state index in [1.54, 1.807) is 11.3 Å². The number of rotatable bonds is 14. The first-order valence-electron chi connectivity index (χ1n) is 14.3. The Balaban J connectivity index is 1.23. The van der Waals surface area contributed by atoms with E-state index in [9.17, 15) is 9.90 Å². The molecule has 1 aliphatic carbocycles. The van der Waals surface area contributed by atoms with Gasteiger partial charge in [-0.05, 0) is 73.3 Å². The molecule has 0 spiro atoms. The van der Waals surface area contributed by atoms with E-state index < -0.39 is 6.10 Å². The monoisotopic (exact) mass is 559 g/mol. The summed E-state index contributed by atoms with van der Waals surface area (Å²) in [5, 5.41) is 11.5. The van der Waals surface area contributed by atoms with Crippen molar-refractivity contribution in [1.29, 1.82) is 0 Å². The molecule has 4 rings (SSSR count). The number of benzene rings is 1. The SMILES string of the molecule is CCCCCC(O)c1ccc(C2=C(Cl)CC[C@@H]2CCCc2ccc(C(=O)OCCN3CCOCC3)s2)cc1. The minimum atomic E-state index is -0.392. The predicted octanol–water partition coefficient (Wildman–Crippen LogP) is 7.23. The summed E-state index contributed by atoms with van der Waals surface area (Å²) in [5.41, 5.74) is 3.44. The number of carbonyl (C=O) groups excluding carboxylic acids is 1. The zero-order valence-corrected chi connectivity index (χ0v) is 24.2. The van der Waals surface area contributed by atoms with E-state index in [0.717, 1.165) is 101 Å². The molecule has 1 unspecified atom stereocenters. The molecule has 0 saturated carbocycles. The fraction of sp³-hybridized carbons (Fsp3) is 0.581. The first kappa shape index (κ1) is 29.3. The van der Waals surface area contributed by atoms with Gasteiger partial charge in [-0.1, -0.05) is 62.1 Å². The standard InChI is InChI=1S/C31H42ClNO4S/c1-2-3-4-8-28(34)23-9-11-25(12-10-23)30-24(13-15-27(30)32)6-5-7-26-14-16-29(38-26)31(35)37-22-19-33-17-20-36-21-18-33/h9-12,14,16,24,28,34H,2-8,13,15,17-22H2,1H3/t24-,28?/m0/s1. The van der Waals surface area contributed by atoms with Crippen LogP contribution in [0.2, 0.25) is 0 Å². The number of aliphatic hydroxyl groups excluding tert-OH is 1. The Bertz CT molecular complexity index is 1040. The van der Waals surface area contributed by atoms with Crippen LogP contribution in [0.25, 0.3) is 5.57 Å². The highest BCUT2D eigenvalue weighted by Gasteiger charge is 2.26. The van der Waals surface area contributed by atoms with Crippen molar-refractivity contribution in [3.63, 3.8) is 0 Å². The van der Waals surface area contributed by atoms with E-state index in [1.807, 2.05) is 6.07 Å². The second-order valence-electron chi connectivity index (χ2n) is 10.4. The minimum Gasteiger partial charge on any atom is -0.460 e. The van der Waals surface area contributed by atoms with Gasteiger partial charge in [0.2, 0.25) is 0 Å². The van der Waals surface area contributed by atoms with Crippen molar-refractivity contribution in [3.05, 3.63) is 62.3 Å². The summed E-state index contributed by atoms with van der Waals surface area (Å²) in [6.07, 6.45) is 8.90. The number of esters is 1. The summed E-state index contributed by atoms with van der Waals surface area (Å²) in [7, 11) is 0. The van der Waals surface area contributed by atoms with Crippen LogP contribution in [-0.4, -0.2) is 55.4 Å². The quantitative estimate of drug-likeness (QED) is 0.195. The van der Waals surface area contributed by atoms with E-state index in [4.69, 9.17) is 21.1 Å². The maximum absolute atomic E-state index is 12.5. The molecule has 5 nitrogen and oxygen atoms in total. The van der Waals surface area contributed by atoms with Crippen LogP contribution in [0, 0.1) is 5.92 Å². The van der Waals surface area contributed by atoms with Gasteiger partial charge in [0.15, 0.2) is 0 Å². The Morgan fingerprint density at radius 1 is 1.16 bits per heavy atom. The Kier molecular flexibility index (Phi) is 11.7. The average Bonchev–Trinajstić information content (AvgIpc) is 3.56. The molecular formula is C31H42ClNO4S. The summed E-state index contributed by atoms with van der Waals surface area (Å²) in [5.74, 6) is 0.230. The van der Waals surface area contributed by atoms with Crippen LogP contribution in [0.1, 0.15) is 90.1 Å². The van der Waals surface area contributed by atoms with Crippen LogP contribution in [0.5, 0.6) is 0 Å². The molecule has 208 valence electrons. The number of aliphatic hydroxyl groups is 1. The van der Waals surface area contributed by atoms with Gasteiger partial charge in [-0.2, -0.15) is 0 Å². The zero-order valence-electron chi connectivity index (χ0n) is 22.6. The van der Waals surface area contributed by atoms with Gasteiger partial charge < -0.3 is 14.6 Å². The second kappa shape index (κ2) is 15.2. The van der Waals surface area contributed by atoms with Gasteiger partial charge >= 0.3 is 5.97 Å². The maximum atomic E-state index is 12.5. The van der Waals surface area contributed by atoms with Crippen molar-refractivity contribution in [1.82, 2.24) is 4.90 Å². The first-order valence-corrected chi connectivity index (χ1v) is 15.5. The Morgan fingerprint density at radius 3 is 2.71 bits per heavy atom. The smallest absolute Gasteiger partial charge is 0.348 e. The topological polar surface area (TPSA) is 59.0 Å². The fourth-order valence-corrected chi connectivity index (χ4v) is 6.75. The van der Waals surface area contributed by atoms with Gasteiger partial charge in [0, 0.05) is 29.5 Å². The molecule has 1 aliphatic heterocycles. The number of morpholine rings is 1. The molecule has 2 atom stereocenters. The van der Waals surface area contributed by atoms with Crippen LogP contribution in [0.3, 0.4) is 0 Å². The Labute approximate surface area is 236 Å². The molecule has 0 bridgehead atoms. The number of aryl methyl sites for hydroxylation is 1. The molecule has 1 saturated heterocycles.